The van der Waals surface area contributed by atoms with Crippen molar-refractivity contribution >= 4 is 21.8 Å². The molecule has 1 N–H and O–H groups in total. The molecule has 0 saturated carbocycles. The SMILES string of the molecule is O=C(NCc1cccnc1)c1cc(Br)ccc1OCCc1ccccc1. The van der Waals surface area contributed by atoms with Crippen LogP contribution in [0.25, 0.3) is 0 Å². The predicted octanol–water partition coefficient (Wildman–Crippen LogP) is 4.40. The fraction of sp³-hybridized carbons (Fsp3) is 0.143. The number of nitrogens with zero attached hydrogens (tertiary/aromatic N) is 1. The number of pyridine rings is 1. The Hall–Kier alpha value is -2.66. The molecule has 1 amide bonds. The van der Waals surface area contributed by atoms with Gasteiger partial charge in [-0.25, -0.2) is 0 Å². The lowest BCUT2D eigenvalue weighted by Gasteiger charge is -2.12. The van der Waals surface area contributed by atoms with Gasteiger partial charge in [-0.1, -0.05) is 52.3 Å². The zero-order chi connectivity index (χ0) is 18.2. The molecule has 3 aromatic rings. The van der Waals surface area contributed by atoms with Gasteiger partial charge in [0.1, 0.15) is 5.75 Å². The average molecular weight is 411 g/mol. The van der Waals surface area contributed by atoms with Gasteiger partial charge in [0.05, 0.1) is 12.2 Å². The van der Waals surface area contributed by atoms with Crippen LogP contribution in [-0.4, -0.2) is 17.5 Å². The molecule has 0 bridgehead atoms. The maximum absolute atomic E-state index is 12.6. The Morgan fingerprint density at radius 3 is 2.62 bits per heavy atom. The van der Waals surface area contributed by atoms with Crippen LogP contribution in [0.15, 0.2) is 77.5 Å². The highest BCUT2D eigenvalue weighted by Gasteiger charge is 2.13. The summed E-state index contributed by atoms with van der Waals surface area (Å²) in [7, 11) is 0. The molecule has 1 aromatic heterocycles. The molecule has 0 radical (unpaired) electrons. The molecule has 5 heteroatoms. The summed E-state index contributed by atoms with van der Waals surface area (Å²) in [6.07, 6.45) is 4.23. The van der Waals surface area contributed by atoms with Gasteiger partial charge in [-0.15, -0.1) is 0 Å². The van der Waals surface area contributed by atoms with Gasteiger partial charge in [0.25, 0.3) is 5.91 Å². The van der Waals surface area contributed by atoms with Gasteiger partial charge in [0, 0.05) is 29.8 Å². The molecule has 0 fully saturated rings. The zero-order valence-electron chi connectivity index (χ0n) is 14.2. The molecule has 1 heterocycles. The second kappa shape index (κ2) is 9.15. The Balaban J connectivity index is 1.64. The summed E-state index contributed by atoms with van der Waals surface area (Å²) in [5, 5.41) is 2.91. The molecule has 0 aliphatic heterocycles. The molecule has 4 nitrogen and oxygen atoms in total. The lowest BCUT2D eigenvalue weighted by molar-refractivity contribution is 0.0947. The molecular formula is C21H19BrN2O2. The molecule has 0 spiro atoms. The molecule has 0 aliphatic rings. The molecular weight excluding hydrogens is 392 g/mol. The van der Waals surface area contributed by atoms with Gasteiger partial charge in [-0.2, -0.15) is 0 Å². The Morgan fingerprint density at radius 2 is 1.85 bits per heavy atom. The van der Waals surface area contributed by atoms with Crippen LogP contribution in [0.4, 0.5) is 0 Å². The maximum Gasteiger partial charge on any atom is 0.255 e. The number of halogens is 1. The molecule has 0 saturated heterocycles. The molecule has 0 aliphatic carbocycles. The number of ether oxygens (including phenoxy) is 1. The number of benzene rings is 2. The van der Waals surface area contributed by atoms with Gasteiger partial charge >= 0.3 is 0 Å². The first kappa shape index (κ1) is 18.1. The molecule has 3 rings (SSSR count). The molecule has 26 heavy (non-hydrogen) atoms. The molecule has 0 unspecified atom stereocenters. The van der Waals surface area contributed by atoms with Crippen LogP contribution >= 0.6 is 15.9 Å². The van der Waals surface area contributed by atoms with Gasteiger partial charge < -0.3 is 10.1 Å². The van der Waals surface area contributed by atoms with Crippen LogP contribution < -0.4 is 10.1 Å². The summed E-state index contributed by atoms with van der Waals surface area (Å²) in [6, 6.07) is 19.4. The first-order chi connectivity index (χ1) is 12.7. The molecule has 2 aromatic carbocycles. The summed E-state index contributed by atoms with van der Waals surface area (Å²) in [4.78, 5) is 16.6. The van der Waals surface area contributed by atoms with E-state index in [0.717, 1.165) is 16.5 Å². The fourth-order valence-corrected chi connectivity index (χ4v) is 2.87. The van der Waals surface area contributed by atoms with Crippen LogP contribution in [0.1, 0.15) is 21.5 Å². The lowest BCUT2D eigenvalue weighted by atomic mass is 10.1. The van der Waals surface area contributed by atoms with Crippen molar-refractivity contribution in [1.82, 2.24) is 10.3 Å². The van der Waals surface area contributed by atoms with Gasteiger partial charge in [-0.3, -0.25) is 9.78 Å². The van der Waals surface area contributed by atoms with E-state index < -0.39 is 0 Å². The second-order valence-corrected chi connectivity index (χ2v) is 6.68. The monoisotopic (exact) mass is 410 g/mol. The maximum atomic E-state index is 12.6. The van der Waals surface area contributed by atoms with Crippen molar-refractivity contribution in [2.24, 2.45) is 0 Å². The number of carbonyl (C=O) groups excluding carboxylic acids is 1. The van der Waals surface area contributed by atoms with Crippen molar-refractivity contribution < 1.29 is 9.53 Å². The Bertz CT molecular complexity index is 854. The number of aromatic nitrogens is 1. The summed E-state index contributed by atoms with van der Waals surface area (Å²) in [5.41, 5.74) is 2.66. The smallest absolute Gasteiger partial charge is 0.255 e. The minimum absolute atomic E-state index is 0.176. The van der Waals surface area contributed by atoms with E-state index >= 15 is 0 Å². The van der Waals surface area contributed by atoms with Crippen LogP contribution in [0.2, 0.25) is 0 Å². The number of rotatable bonds is 7. The highest BCUT2D eigenvalue weighted by atomic mass is 79.9. The summed E-state index contributed by atoms with van der Waals surface area (Å²) >= 11 is 3.42. The van der Waals surface area contributed by atoms with Crippen LogP contribution in [0, 0.1) is 0 Å². The largest absolute Gasteiger partial charge is 0.492 e. The van der Waals surface area contributed by atoms with E-state index in [4.69, 9.17) is 4.74 Å². The number of hydrogen-bond donors (Lipinski definition) is 1. The second-order valence-electron chi connectivity index (χ2n) is 5.77. The highest BCUT2D eigenvalue weighted by Crippen LogP contribution is 2.23. The minimum Gasteiger partial charge on any atom is -0.492 e. The standard InChI is InChI=1S/C21H19BrN2O2/c22-18-8-9-20(26-12-10-16-5-2-1-3-6-16)19(13-18)21(25)24-15-17-7-4-11-23-14-17/h1-9,11,13-14H,10,12,15H2,(H,24,25). The summed E-state index contributed by atoms with van der Waals surface area (Å²) < 4.78 is 6.71. The van der Waals surface area contributed by atoms with Crippen LogP contribution in [0.5, 0.6) is 5.75 Å². The molecule has 132 valence electrons. The van der Waals surface area contributed by atoms with E-state index in [0.29, 0.717) is 24.5 Å². The van der Waals surface area contributed by atoms with Gasteiger partial charge in [-0.05, 0) is 35.4 Å². The van der Waals surface area contributed by atoms with E-state index in [9.17, 15) is 4.79 Å². The predicted molar refractivity (Wildman–Crippen MR) is 105 cm³/mol. The number of carbonyl (C=O) groups is 1. The van der Waals surface area contributed by atoms with E-state index in [1.807, 2.05) is 42.5 Å². The normalized spacial score (nSPS) is 10.3. The average Bonchev–Trinajstić information content (AvgIpc) is 2.69. The number of amides is 1. The summed E-state index contributed by atoms with van der Waals surface area (Å²) in [5.74, 6) is 0.401. The third-order valence-electron chi connectivity index (χ3n) is 3.85. The number of nitrogens with one attached hydrogen (secondary N) is 1. The molecule has 0 atom stereocenters. The fourth-order valence-electron chi connectivity index (χ4n) is 2.51. The van der Waals surface area contributed by atoms with Crippen LogP contribution in [0.3, 0.4) is 0 Å². The topological polar surface area (TPSA) is 51.2 Å². The zero-order valence-corrected chi connectivity index (χ0v) is 15.8. The highest BCUT2D eigenvalue weighted by molar-refractivity contribution is 9.10. The van der Waals surface area contributed by atoms with Gasteiger partial charge in [0.15, 0.2) is 0 Å². The van der Waals surface area contributed by atoms with Crippen molar-refractivity contribution in [2.75, 3.05) is 6.61 Å². The van der Waals surface area contributed by atoms with E-state index in [1.165, 1.54) is 5.56 Å². The first-order valence-electron chi connectivity index (χ1n) is 8.36. The van der Waals surface area contributed by atoms with Crippen molar-refractivity contribution in [3.05, 3.63) is 94.2 Å². The third kappa shape index (κ3) is 5.17. The van der Waals surface area contributed by atoms with Crippen molar-refractivity contribution in [1.29, 1.82) is 0 Å². The Kier molecular flexibility index (Phi) is 6.39. The van der Waals surface area contributed by atoms with Gasteiger partial charge in [0.2, 0.25) is 0 Å². The van der Waals surface area contributed by atoms with Crippen molar-refractivity contribution in [3.63, 3.8) is 0 Å². The third-order valence-corrected chi connectivity index (χ3v) is 4.35. The number of hydrogen-bond acceptors (Lipinski definition) is 3. The van der Waals surface area contributed by atoms with Crippen molar-refractivity contribution in [3.8, 4) is 5.75 Å². The van der Waals surface area contributed by atoms with Crippen LogP contribution in [-0.2, 0) is 13.0 Å². The summed E-state index contributed by atoms with van der Waals surface area (Å²) in [6.45, 7) is 0.928. The van der Waals surface area contributed by atoms with E-state index in [-0.39, 0.29) is 5.91 Å². The van der Waals surface area contributed by atoms with E-state index in [2.05, 4.69) is 38.4 Å². The van der Waals surface area contributed by atoms with E-state index in [1.54, 1.807) is 18.5 Å². The Labute approximate surface area is 161 Å². The quantitative estimate of drug-likeness (QED) is 0.627. The minimum atomic E-state index is -0.176. The Morgan fingerprint density at radius 1 is 1.04 bits per heavy atom. The lowest BCUT2D eigenvalue weighted by Crippen LogP contribution is -2.23. The first-order valence-corrected chi connectivity index (χ1v) is 9.15. The van der Waals surface area contributed by atoms with Crippen molar-refractivity contribution in [2.45, 2.75) is 13.0 Å².